The van der Waals surface area contributed by atoms with Gasteiger partial charge in [-0.15, -0.1) is 9.24 Å². The molecule has 1 aliphatic rings. The van der Waals surface area contributed by atoms with Gasteiger partial charge in [0.1, 0.15) is 18.1 Å². The molecule has 0 saturated carbocycles. The van der Waals surface area contributed by atoms with E-state index in [-0.39, 0.29) is 18.3 Å². The molecular formula is C24H30B2N2O4P. The molecule has 33 heavy (non-hydrogen) atoms. The SMILES string of the molecule is [B]CCCOc1cccc(C(=O)N[C@@H](CCCC[B]C#N)C(=O)COC2=CCCC=C2P)c1. The fourth-order valence-corrected chi connectivity index (χ4v) is 3.65. The molecule has 1 aromatic carbocycles. The molecular weight excluding hydrogens is 433 g/mol. The molecule has 1 aliphatic carbocycles. The van der Waals surface area contributed by atoms with Crippen molar-refractivity contribution in [3.63, 3.8) is 0 Å². The Morgan fingerprint density at radius 2 is 2.03 bits per heavy atom. The maximum absolute atomic E-state index is 12.9. The van der Waals surface area contributed by atoms with Crippen LogP contribution in [0.3, 0.4) is 0 Å². The fraction of sp³-hybridized carbons (Fsp3) is 0.458. The van der Waals surface area contributed by atoms with Gasteiger partial charge in [0, 0.05) is 10.9 Å². The van der Waals surface area contributed by atoms with Crippen molar-refractivity contribution in [2.75, 3.05) is 13.2 Å². The van der Waals surface area contributed by atoms with E-state index in [2.05, 4.69) is 20.6 Å². The van der Waals surface area contributed by atoms with Crippen LogP contribution in [0, 0.1) is 11.2 Å². The molecule has 2 atom stereocenters. The van der Waals surface area contributed by atoms with Crippen LogP contribution in [0.4, 0.5) is 0 Å². The van der Waals surface area contributed by atoms with E-state index >= 15 is 0 Å². The Morgan fingerprint density at radius 1 is 1.21 bits per heavy atom. The van der Waals surface area contributed by atoms with Crippen molar-refractivity contribution in [1.82, 2.24) is 5.32 Å². The highest BCUT2D eigenvalue weighted by molar-refractivity contribution is 7.23. The Labute approximate surface area is 201 Å². The van der Waals surface area contributed by atoms with Crippen LogP contribution < -0.4 is 10.1 Å². The predicted octanol–water partition coefficient (Wildman–Crippen LogP) is 3.94. The number of hydrogen-bond acceptors (Lipinski definition) is 5. The molecule has 0 bridgehead atoms. The highest BCUT2D eigenvalue weighted by Gasteiger charge is 2.22. The van der Waals surface area contributed by atoms with Gasteiger partial charge in [-0.2, -0.15) is 0 Å². The number of amides is 1. The summed E-state index contributed by atoms with van der Waals surface area (Å²) in [6.07, 6.45) is 9.70. The molecule has 0 aliphatic heterocycles. The van der Waals surface area contributed by atoms with Crippen molar-refractivity contribution in [1.29, 1.82) is 5.26 Å². The van der Waals surface area contributed by atoms with Gasteiger partial charge in [-0.05, 0) is 55.9 Å². The summed E-state index contributed by atoms with van der Waals surface area (Å²) in [4.78, 5) is 25.8. The Balaban J connectivity index is 2.00. The van der Waals surface area contributed by atoms with Crippen LogP contribution in [0.25, 0.3) is 0 Å². The molecule has 0 spiro atoms. The van der Waals surface area contributed by atoms with Crippen molar-refractivity contribution in [2.24, 2.45) is 0 Å². The van der Waals surface area contributed by atoms with Crippen molar-refractivity contribution in [3.8, 4) is 11.7 Å². The lowest BCUT2D eigenvalue weighted by atomic mass is 9.75. The first-order valence-corrected chi connectivity index (χ1v) is 11.9. The Kier molecular flexibility index (Phi) is 12.4. The number of hydrogen-bond donors (Lipinski definition) is 1. The van der Waals surface area contributed by atoms with Gasteiger partial charge in [0.25, 0.3) is 13.2 Å². The summed E-state index contributed by atoms with van der Waals surface area (Å²) in [5.74, 6) is 2.74. The first-order valence-electron chi connectivity index (χ1n) is 11.3. The normalized spacial score (nSPS) is 13.7. The van der Waals surface area contributed by atoms with Crippen LogP contribution in [0.1, 0.15) is 48.9 Å². The van der Waals surface area contributed by atoms with E-state index in [9.17, 15) is 9.59 Å². The highest BCUT2D eigenvalue weighted by Crippen LogP contribution is 2.25. The molecule has 0 aromatic heterocycles. The third-order valence-electron chi connectivity index (χ3n) is 5.11. The minimum Gasteiger partial charge on any atom is -0.494 e. The van der Waals surface area contributed by atoms with Crippen molar-refractivity contribution >= 4 is 36.1 Å². The van der Waals surface area contributed by atoms with Gasteiger partial charge in [-0.1, -0.05) is 37.6 Å². The molecule has 2 rings (SSSR count). The summed E-state index contributed by atoms with van der Waals surface area (Å²) in [5.41, 5.74) is 0.418. The maximum atomic E-state index is 12.9. The topological polar surface area (TPSA) is 88.4 Å². The molecule has 9 heteroatoms. The zero-order chi connectivity index (χ0) is 23.9. The summed E-state index contributed by atoms with van der Waals surface area (Å²) in [7, 11) is 9.65. The Hall–Kier alpha value is -2.51. The van der Waals surface area contributed by atoms with Crippen LogP contribution in [-0.4, -0.2) is 46.1 Å². The van der Waals surface area contributed by atoms with Crippen LogP contribution in [0.2, 0.25) is 12.6 Å². The maximum Gasteiger partial charge on any atom is 0.254 e. The number of carbonyl (C=O) groups excluding carboxylic acids is 2. The minimum absolute atomic E-state index is 0.116. The average molecular weight is 463 g/mol. The lowest BCUT2D eigenvalue weighted by molar-refractivity contribution is -0.124. The molecule has 0 saturated heterocycles. The largest absolute Gasteiger partial charge is 0.494 e. The van der Waals surface area contributed by atoms with E-state index in [4.69, 9.17) is 22.6 Å². The van der Waals surface area contributed by atoms with E-state index in [1.165, 1.54) is 7.28 Å². The minimum atomic E-state index is -0.678. The number of nitrogens with zero attached hydrogens (tertiary/aromatic N) is 1. The molecule has 3 radical (unpaired) electrons. The first-order chi connectivity index (χ1) is 16.0. The third-order valence-corrected chi connectivity index (χ3v) is 5.63. The van der Waals surface area contributed by atoms with Crippen molar-refractivity contribution < 1.29 is 19.1 Å². The third kappa shape index (κ3) is 9.88. The van der Waals surface area contributed by atoms with Gasteiger partial charge < -0.3 is 14.8 Å². The van der Waals surface area contributed by atoms with E-state index < -0.39 is 6.04 Å². The number of unbranched alkanes of at least 4 members (excludes halogenated alkanes) is 1. The second kappa shape index (κ2) is 15.3. The number of Topliss-reactive ketones (excluding diaryl/α,β-unsaturated/α-hetero) is 1. The summed E-state index contributed by atoms with van der Waals surface area (Å²) in [5, 5.41) is 12.4. The second-order valence-corrected chi connectivity index (χ2v) is 8.34. The van der Waals surface area contributed by atoms with Crippen molar-refractivity contribution in [2.45, 2.75) is 57.2 Å². The monoisotopic (exact) mass is 463 g/mol. The van der Waals surface area contributed by atoms with Crippen LogP contribution in [-0.2, 0) is 9.53 Å². The molecule has 0 fully saturated rings. The number of benzene rings is 1. The van der Waals surface area contributed by atoms with Gasteiger partial charge >= 0.3 is 0 Å². The molecule has 0 heterocycles. The predicted molar refractivity (Wildman–Crippen MR) is 134 cm³/mol. The second-order valence-electron chi connectivity index (χ2n) is 7.72. The summed E-state index contributed by atoms with van der Waals surface area (Å²) in [6.45, 7) is 0.358. The first kappa shape index (κ1) is 26.7. The summed E-state index contributed by atoms with van der Waals surface area (Å²) in [6, 6.07) is 6.18. The van der Waals surface area contributed by atoms with Crippen molar-refractivity contribution in [3.05, 3.63) is 53.1 Å². The number of allylic oxidation sites excluding steroid dienone is 3. The van der Waals surface area contributed by atoms with E-state index in [0.717, 1.165) is 31.0 Å². The quantitative estimate of drug-likeness (QED) is 0.242. The molecule has 6 nitrogen and oxygen atoms in total. The standard InChI is InChI=1S/C24H30B2N2O4P/c25-12-6-14-31-19-8-5-7-18(15-19)24(30)28-20(9-3-4-13-26-17-27)21(29)16-32-22-10-1-2-11-23(22)33/h5,7-8,10-11,15,20H,1-4,6,9,12-14,16,33H2,(H,28,30)/t20-/m0/s1. The lowest BCUT2D eigenvalue weighted by Crippen LogP contribution is -2.42. The molecule has 171 valence electrons. The summed E-state index contributed by atoms with van der Waals surface area (Å²) < 4.78 is 11.4. The molecule has 1 unspecified atom stereocenters. The Bertz CT molecular complexity index is 899. The van der Waals surface area contributed by atoms with Gasteiger partial charge in [-0.25, -0.2) is 5.26 Å². The number of rotatable bonds is 15. The highest BCUT2D eigenvalue weighted by atomic mass is 31.0. The number of carbonyl (C=O) groups is 2. The lowest BCUT2D eigenvalue weighted by Gasteiger charge is -2.20. The summed E-state index contributed by atoms with van der Waals surface area (Å²) >= 11 is 0. The van der Waals surface area contributed by atoms with E-state index in [0.29, 0.717) is 49.2 Å². The number of ether oxygens (including phenoxy) is 2. The average Bonchev–Trinajstić information content (AvgIpc) is 2.82. The zero-order valence-corrected chi connectivity index (χ0v) is 20.1. The van der Waals surface area contributed by atoms with Gasteiger partial charge in [0.05, 0.1) is 20.5 Å². The van der Waals surface area contributed by atoms with Gasteiger partial charge in [-0.3, -0.25) is 9.59 Å². The van der Waals surface area contributed by atoms with Gasteiger partial charge in [0.15, 0.2) is 5.78 Å². The number of nitriles is 1. The molecule has 1 aromatic rings. The zero-order valence-electron chi connectivity index (χ0n) is 18.9. The van der Waals surface area contributed by atoms with Crippen LogP contribution in [0.5, 0.6) is 5.75 Å². The fourth-order valence-electron chi connectivity index (χ4n) is 3.28. The number of ketones is 1. The smallest absolute Gasteiger partial charge is 0.254 e. The van der Waals surface area contributed by atoms with Crippen LogP contribution in [0.15, 0.2) is 47.5 Å². The molecule has 1 amide bonds. The molecule has 1 N–H and O–H groups in total. The van der Waals surface area contributed by atoms with E-state index in [1.807, 2.05) is 12.0 Å². The Morgan fingerprint density at radius 3 is 2.79 bits per heavy atom. The van der Waals surface area contributed by atoms with Gasteiger partial charge in [0.2, 0.25) is 0 Å². The number of nitrogens with one attached hydrogen (secondary N) is 1. The van der Waals surface area contributed by atoms with Crippen LogP contribution >= 0.6 is 9.24 Å². The van der Waals surface area contributed by atoms with E-state index in [1.54, 1.807) is 24.3 Å².